The number of aromatic nitrogens is 4. The molecule has 22 heavy (non-hydrogen) atoms. The summed E-state index contributed by atoms with van der Waals surface area (Å²) in [5.74, 6) is -0.196. The van der Waals surface area contributed by atoms with Gasteiger partial charge in [0, 0.05) is 18.7 Å². The normalized spacial score (nSPS) is 10.5. The molecule has 0 bridgehead atoms. The molecule has 7 heteroatoms. The SMILES string of the molecule is CC(=O)c1[nH]nnc1Oc1ccc(-c2cccnc2F)cc1. The Morgan fingerprint density at radius 1 is 1.23 bits per heavy atom. The molecule has 0 saturated heterocycles. The van der Waals surface area contributed by atoms with Crippen LogP contribution in [0.15, 0.2) is 42.6 Å². The van der Waals surface area contributed by atoms with E-state index in [-0.39, 0.29) is 17.4 Å². The highest BCUT2D eigenvalue weighted by atomic mass is 19.1. The Labute approximate surface area is 125 Å². The van der Waals surface area contributed by atoms with E-state index in [2.05, 4.69) is 20.4 Å². The molecule has 0 atom stereocenters. The number of ether oxygens (including phenoxy) is 1. The van der Waals surface area contributed by atoms with E-state index < -0.39 is 5.95 Å². The number of hydrogen-bond donors (Lipinski definition) is 1. The summed E-state index contributed by atoms with van der Waals surface area (Å²) in [4.78, 5) is 15.0. The minimum absolute atomic E-state index is 0.104. The first-order valence-electron chi connectivity index (χ1n) is 6.46. The molecule has 0 spiro atoms. The fraction of sp³-hybridized carbons (Fsp3) is 0.0667. The van der Waals surface area contributed by atoms with Gasteiger partial charge < -0.3 is 4.74 Å². The molecular formula is C15H11FN4O2. The number of halogens is 1. The van der Waals surface area contributed by atoms with Gasteiger partial charge in [0.1, 0.15) is 5.75 Å². The van der Waals surface area contributed by atoms with Crippen LogP contribution in [0.5, 0.6) is 11.6 Å². The van der Waals surface area contributed by atoms with E-state index in [1.807, 2.05) is 0 Å². The molecular weight excluding hydrogens is 287 g/mol. The molecule has 2 aromatic heterocycles. The molecule has 1 aromatic carbocycles. The van der Waals surface area contributed by atoms with Crippen molar-refractivity contribution < 1.29 is 13.9 Å². The Hall–Kier alpha value is -3.09. The van der Waals surface area contributed by atoms with Crippen molar-refractivity contribution >= 4 is 5.78 Å². The van der Waals surface area contributed by atoms with E-state index in [1.165, 1.54) is 13.1 Å². The third-order valence-corrected chi connectivity index (χ3v) is 3.01. The number of carbonyl (C=O) groups is 1. The van der Waals surface area contributed by atoms with Gasteiger partial charge in [-0.2, -0.15) is 4.39 Å². The molecule has 0 amide bonds. The molecule has 0 aliphatic rings. The van der Waals surface area contributed by atoms with E-state index in [1.54, 1.807) is 36.4 Å². The Morgan fingerprint density at radius 3 is 2.68 bits per heavy atom. The number of ketones is 1. The highest BCUT2D eigenvalue weighted by Gasteiger charge is 2.14. The van der Waals surface area contributed by atoms with Gasteiger partial charge in [0.25, 0.3) is 5.88 Å². The van der Waals surface area contributed by atoms with Crippen molar-refractivity contribution in [1.82, 2.24) is 20.4 Å². The molecule has 2 heterocycles. The van der Waals surface area contributed by atoms with Crippen molar-refractivity contribution in [3.8, 4) is 22.8 Å². The first-order valence-corrected chi connectivity index (χ1v) is 6.46. The fourth-order valence-corrected chi connectivity index (χ4v) is 1.93. The van der Waals surface area contributed by atoms with Crippen LogP contribution in [-0.4, -0.2) is 26.2 Å². The van der Waals surface area contributed by atoms with E-state index >= 15 is 0 Å². The molecule has 0 radical (unpaired) electrons. The van der Waals surface area contributed by atoms with Crippen molar-refractivity contribution in [2.75, 3.05) is 0 Å². The summed E-state index contributed by atoms with van der Waals surface area (Å²) in [5, 5.41) is 9.72. The van der Waals surface area contributed by atoms with Crippen molar-refractivity contribution in [2.24, 2.45) is 0 Å². The molecule has 0 fully saturated rings. The number of pyridine rings is 1. The molecule has 0 aliphatic carbocycles. The lowest BCUT2D eigenvalue weighted by atomic mass is 10.1. The zero-order chi connectivity index (χ0) is 15.5. The van der Waals surface area contributed by atoms with Gasteiger partial charge in [-0.15, -0.1) is 0 Å². The molecule has 110 valence electrons. The highest BCUT2D eigenvalue weighted by molar-refractivity contribution is 5.94. The third kappa shape index (κ3) is 2.69. The molecule has 0 unspecified atom stereocenters. The first-order chi connectivity index (χ1) is 10.6. The summed E-state index contributed by atoms with van der Waals surface area (Å²) in [6.07, 6.45) is 1.39. The second-order valence-corrected chi connectivity index (χ2v) is 4.52. The van der Waals surface area contributed by atoms with Crippen LogP contribution in [0.2, 0.25) is 0 Å². The lowest BCUT2D eigenvalue weighted by molar-refractivity contribution is 0.101. The van der Waals surface area contributed by atoms with Crippen LogP contribution >= 0.6 is 0 Å². The third-order valence-electron chi connectivity index (χ3n) is 3.01. The average molecular weight is 298 g/mol. The lowest BCUT2D eigenvalue weighted by Gasteiger charge is -2.05. The lowest BCUT2D eigenvalue weighted by Crippen LogP contribution is -1.96. The quantitative estimate of drug-likeness (QED) is 0.591. The highest BCUT2D eigenvalue weighted by Crippen LogP contribution is 2.26. The zero-order valence-corrected chi connectivity index (χ0v) is 11.6. The Kier molecular flexibility index (Phi) is 3.61. The minimum Gasteiger partial charge on any atom is -0.436 e. The van der Waals surface area contributed by atoms with Crippen molar-refractivity contribution in [3.05, 3.63) is 54.2 Å². The van der Waals surface area contributed by atoms with Crippen LogP contribution in [0.1, 0.15) is 17.4 Å². The number of aromatic amines is 1. The number of nitrogens with zero attached hydrogens (tertiary/aromatic N) is 3. The number of nitrogens with one attached hydrogen (secondary N) is 1. The molecule has 1 N–H and O–H groups in total. The summed E-state index contributed by atoms with van der Waals surface area (Å²) < 4.78 is 19.1. The predicted molar refractivity (Wildman–Crippen MR) is 76.1 cm³/mol. The maximum Gasteiger partial charge on any atom is 0.269 e. The van der Waals surface area contributed by atoms with Crippen LogP contribution < -0.4 is 4.74 Å². The summed E-state index contributed by atoms with van der Waals surface area (Å²) in [6, 6.07) is 10.0. The van der Waals surface area contributed by atoms with Crippen LogP contribution in [0, 0.1) is 5.95 Å². The van der Waals surface area contributed by atoms with Gasteiger partial charge in [-0.25, -0.2) is 4.98 Å². The number of Topliss-reactive ketones (excluding diaryl/α,β-unsaturated/α-hetero) is 1. The van der Waals surface area contributed by atoms with Gasteiger partial charge in [-0.05, 0) is 29.8 Å². The van der Waals surface area contributed by atoms with E-state index in [0.29, 0.717) is 16.9 Å². The summed E-state index contributed by atoms with van der Waals surface area (Å²) in [6.45, 7) is 1.39. The Morgan fingerprint density at radius 2 is 2.00 bits per heavy atom. The number of rotatable bonds is 4. The number of benzene rings is 1. The molecule has 0 aliphatic heterocycles. The van der Waals surface area contributed by atoms with Crippen LogP contribution in [0.25, 0.3) is 11.1 Å². The summed E-state index contributed by atoms with van der Waals surface area (Å²) >= 11 is 0. The molecule has 6 nitrogen and oxygen atoms in total. The topological polar surface area (TPSA) is 80.8 Å². The van der Waals surface area contributed by atoms with E-state index in [0.717, 1.165) is 0 Å². The number of H-pyrrole nitrogens is 1. The van der Waals surface area contributed by atoms with Gasteiger partial charge in [-0.1, -0.05) is 22.4 Å². The smallest absolute Gasteiger partial charge is 0.269 e. The largest absolute Gasteiger partial charge is 0.436 e. The van der Waals surface area contributed by atoms with Crippen LogP contribution in [-0.2, 0) is 0 Å². The molecule has 3 rings (SSSR count). The predicted octanol–water partition coefficient (Wildman–Crippen LogP) is 3.00. The van der Waals surface area contributed by atoms with E-state index in [9.17, 15) is 9.18 Å². The average Bonchev–Trinajstić information content (AvgIpc) is 2.97. The second kappa shape index (κ2) is 5.72. The standard InChI is InChI=1S/C15H11FN4O2/c1-9(21)13-15(19-20-18-13)22-11-6-4-10(5-7-11)12-3-2-8-17-14(12)16/h2-8H,1H3,(H,18,19,20). The number of hydrogen-bond acceptors (Lipinski definition) is 5. The maximum absolute atomic E-state index is 13.6. The van der Waals surface area contributed by atoms with Gasteiger partial charge in [0.2, 0.25) is 5.95 Å². The molecule has 0 saturated carbocycles. The monoisotopic (exact) mass is 298 g/mol. The summed E-state index contributed by atoms with van der Waals surface area (Å²) in [5.41, 5.74) is 1.27. The van der Waals surface area contributed by atoms with Crippen LogP contribution in [0.4, 0.5) is 4.39 Å². The van der Waals surface area contributed by atoms with Crippen molar-refractivity contribution in [2.45, 2.75) is 6.92 Å². The van der Waals surface area contributed by atoms with Gasteiger partial charge in [-0.3, -0.25) is 9.89 Å². The van der Waals surface area contributed by atoms with Gasteiger partial charge >= 0.3 is 0 Å². The Bertz CT molecular complexity index is 814. The van der Waals surface area contributed by atoms with Crippen LogP contribution in [0.3, 0.4) is 0 Å². The fourth-order valence-electron chi connectivity index (χ4n) is 1.93. The second-order valence-electron chi connectivity index (χ2n) is 4.52. The first kappa shape index (κ1) is 13.9. The van der Waals surface area contributed by atoms with Gasteiger partial charge in [0.15, 0.2) is 11.5 Å². The van der Waals surface area contributed by atoms with E-state index in [4.69, 9.17) is 4.74 Å². The Balaban J connectivity index is 1.84. The van der Waals surface area contributed by atoms with Gasteiger partial charge in [0.05, 0.1) is 0 Å². The maximum atomic E-state index is 13.6. The number of carbonyl (C=O) groups excluding carboxylic acids is 1. The minimum atomic E-state index is -0.536. The van der Waals surface area contributed by atoms with Crippen molar-refractivity contribution in [3.63, 3.8) is 0 Å². The van der Waals surface area contributed by atoms with Crippen molar-refractivity contribution in [1.29, 1.82) is 0 Å². The summed E-state index contributed by atoms with van der Waals surface area (Å²) in [7, 11) is 0. The molecule has 3 aromatic rings. The zero-order valence-electron chi connectivity index (χ0n) is 11.6.